The van der Waals surface area contributed by atoms with Gasteiger partial charge in [0.2, 0.25) is 5.91 Å². The van der Waals surface area contributed by atoms with Gasteiger partial charge in [0.25, 0.3) is 0 Å². The average molecular weight is 411 g/mol. The Kier molecular flexibility index (Phi) is 5.94. The van der Waals surface area contributed by atoms with Crippen LogP contribution in [0.4, 0.5) is 19.0 Å². The fraction of sp³-hybridized carbons (Fsp3) is 0.750. The zero-order valence-electron chi connectivity index (χ0n) is 16.6. The molecule has 0 atom stereocenters. The van der Waals surface area contributed by atoms with Crippen molar-refractivity contribution in [1.29, 1.82) is 0 Å². The summed E-state index contributed by atoms with van der Waals surface area (Å²) in [6, 6.07) is 1.58. The number of carbonyl (C=O) groups excluding carboxylic acids is 1. The van der Waals surface area contributed by atoms with Gasteiger partial charge in [-0.1, -0.05) is 0 Å². The third kappa shape index (κ3) is 4.99. The summed E-state index contributed by atoms with van der Waals surface area (Å²) in [6.07, 6.45) is 3.12. The molecule has 3 aliphatic rings. The minimum atomic E-state index is -4.46. The number of alkyl halides is 3. The summed E-state index contributed by atoms with van der Waals surface area (Å²) >= 11 is 0. The smallest absolute Gasteiger partial charge is 0.350 e. The first-order chi connectivity index (χ1) is 13.9. The molecule has 0 N–H and O–H groups in total. The lowest BCUT2D eigenvalue weighted by atomic mass is 10.0. The van der Waals surface area contributed by atoms with E-state index < -0.39 is 11.9 Å². The molecular weight excluding hydrogens is 383 g/mol. The van der Waals surface area contributed by atoms with Crippen LogP contribution in [0.2, 0.25) is 0 Å². The Bertz CT molecular complexity index is 716. The molecule has 0 spiro atoms. The first-order valence-corrected chi connectivity index (χ1v) is 10.6. The number of likely N-dealkylation sites (tertiary alicyclic amines) is 2. The van der Waals surface area contributed by atoms with Gasteiger partial charge >= 0.3 is 6.18 Å². The van der Waals surface area contributed by atoms with Crippen LogP contribution in [0, 0.1) is 0 Å². The largest absolute Gasteiger partial charge is 0.433 e. The molecule has 0 radical (unpaired) electrons. The van der Waals surface area contributed by atoms with Crippen LogP contribution in [0.3, 0.4) is 0 Å². The maximum atomic E-state index is 13.1. The van der Waals surface area contributed by atoms with Crippen LogP contribution in [0.5, 0.6) is 0 Å². The van der Waals surface area contributed by atoms with Crippen molar-refractivity contribution in [3.05, 3.63) is 18.1 Å². The Morgan fingerprint density at radius 2 is 1.72 bits per heavy atom. The van der Waals surface area contributed by atoms with E-state index in [1.54, 1.807) is 0 Å². The molecule has 0 aromatic carbocycles. The predicted octanol–water partition coefficient (Wildman–Crippen LogP) is 2.94. The van der Waals surface area contributed by atoms with E-state index in [2.05, 4.69) is 19.8 Å². The number of anilines is 1. The molecule has 1 aliphatic carbocycles. The monoisotopic (exact) mass is 411 g/mol. The molecule has 160 valence electrons. The van der Waals surface area contributed by atoms with E-state index >= 15 is 0 Å². The van der Waals surface area contributed by atoms with Crippen molar-refractivity contribution in [1.82, 2.24) is 19.8 Å². The first-order valence-electron chi connectivity index (χ1n) is 10.6. The number of hydrogen-bond acceptors (Lipinski definition) is 5. The summed E-state index contributed by atoms with van der Waals surface area (Å²) in [5.41, 5.74) is -0.878. The van der Waals surface area contributed by atoms with Crippen LogP contribution in [0.1, 0.15) is 50.6 Å². The summed E-state index contributed by atoms with van der Waals surface area (Å²) in [5.74, 6) is 0.655. The molecule has 1 aromatic heterocycles. The van der Waals surface area contributed by atoms with Gasteiger partial charge in [-0.3, -0.25) is 4.79 Å². The minimum Gasteiger partial charge on any atom is -0.350 e. The molecule has 29 heavy (non-hydrogen) atoms. The fourth-order valence-corrected chi connectivity index (χ4v) is 4.45. The van der Waals surface area contributed by atoms with E-state index in [1.807, 2.05) is 4.90 Å². The highest BCUT2D eigenvalue weighted by atomic mass is 19.4. The second kappa shape index (κ2) is 8.45. The minimum absolute atomic E-state index is 0.200. The second-order valence-corrected chi connectivity index (χ2v) is 8.31. The third-order valence-electron chi connectivity index (χ3n) is 6.21. The molecule has 3 heterocycles. The summed E-state index contributed by atoms with van der Waals surface area (Å²) < 4.78 is 39.2. The Balaban J connectivity index is 1.34. The van der Waals surface area contributed by atoms with Gasteiger partial charge in [0.1, 0.15) is 17.8 Å². The third-order valence-corrected chi connectivity index (χ3v) is 6.21. The topological polar surface area (TPSA) is 52.6 Å². The van der Waals surface area contributed by atoms with E-state index in [-0.39, 0.29) is 18.0 Å². The van der Waals surface area contributed by atoms with Crippen molar-refractivity contribution in [2.24, 2.45) is 0 Å². The number of piperidine rings is 2. The van der Waals surface area contributed by atoms with Crippen LogP contribution >= 0.6 is 0 Å². The molecule has 6 nitrogen and oxygen atoms in total. The van der Waals surface area contributed by atoms with E-state index in [4.69, 9.17) is 0 Å². The van der Waals surface area contributed by atoms with E-state index in [9.17, 15) is 18.0 Å². The highest BCUT2D eigenvalue weighted by Crippen LogP contribution is 2.37. The normalized spacial score (nSPS) is 22.2. The van der Waals surface area contributed by atoms with E-state index in [0.717, 1.165) is 83.6 Å². The predicted molar refractivity (Wildman–Crippen MR) is 102 cm³/mol. The highest BCUT2D eigenvalue weighted by molar-refractivity contribution is 5.76. The lowest BCUT2D eigenvalue weighted by Gasteiger charge is -2.40. The molecule has 2 aliphatic heterocycles. The van der Waals surface area contributed by atoms with Gasteiger partial charge in [0.15, 0.2) is 0 Å². The zero-order valence-corrected chi connectivity index (χ0v) is 16.6. The number of halogens is 3. The Hall–Kier alpha value is -1.90. The molecule has 3 fully saturated rings. The van der Waals surface area contributed by atoms with Crippen molar-refractivity contribution in [2.75, 3.05) is 37.6 Å². The number of carbonyl (C=O) groups is 1. The number of amides is 1. The van der Waals surface area contributed by atoms with Crippen LogP contribution in [0.15, 0.2) is 12.4 Å². The van der Waals surface area contributed by atoms with Gasteiger partial charge in [-0.2, -0.15) is 13.2 Å². The van der Waals surface area contributed by atoms with Crippen molar-refractivity contribution < 1.29 is 18.0 Å². The maximum Gasteiger partial charge on any atom is 0.433 e. The Labute approximate surface area is 169 Å². The van der Waals surface area contributed by atoms with E-state index in [0.29, 0.717) is 12.2 Å². The Morgan fingerprint density at radius 1 is 1.00 bits per heavy atom. The summed E-state index contributed by atoms with van der Waals surface area (Å²) in [4.78, 5) is 26.0. The van der Waals surface area contributed by atoms with Crippen LogP contribution in [-0.4, -0.2) is 70.5 Å². The van der Waals surface area contributed by atoms with Gasteiger partial charge in [-0.25, -0.2) is 9.97 Å². The van der Waals surface area contributed by atoms with Gasteiger partial charge in [0, 0.05) is 57.3 Å². The maximum absolute atomic E-state index is 13.1. The number of aromatic nitrogens is 2. The standard InChI is InChI=1S/C20H28F3N5O/c21-20(22,23)17-13-18(25-14-24-17)28(15-4-5-15)16-6-9-26(10-7-16)11-12-27-8-2-1-3-19(27)29/h13-16H,1-12H2. The number of nitrogens with zero attached hydrogens (tertiary/aromatic N) is 5. The van der Waals surface area contributed by atoms with Crippen molar-refractivity contribution in [2.45, 2.75) is 63.2 Å². The van der Waals surface area contributed by atoms with Crippen LogP contribution in [-0.2, 0) is 11.0 Å². The lowest BCUT2D eigenvalue weighted by Crippen LogP contribution is -2.48. The summed E-state index contributed by atoms with van der Waals surface area (Å²) in [5, 5.41) is 0. The Morgan fingerprint density at radius 3 is 2.38 bits per heavy atom. The quantitative estimate of drug-likeness (QED) is 0.721. The van der Waals surface area contributed by atoms with Crippen molar-refractivity contribution >= 4 is 11.7 Å². The van der Waals surface area contributed by atoms with Gasteiger partial charge in [-0.15, -0.1) is 0 Å². The molecule has 0 bridgehead atoms. The fourth-order valence-electron chi connectivity index (χ4n) is 4.45. The van der Waals surface area contributed by atoms with E-state index in [1.165, 1.54) is 0 Å². The molecule has 1 aromatic rings. The first kappa shape index (κ1) is 20.4. The lowest BCUT2D eigenvalue weighted by molar-refractivity contribution is -0.141. The molecule has 1 amide bonds. The molecule has 4 rings (SSSR count). The van der Waals surface area contributed by atoms with Crippen molar-refractivity contribution in [3.8, 4) is 0 Å². The summed E-state index contributed by atoms with van der Waals surface area (Å²) in [7, 11) is 0. The highest BCUT2D eigenvalue weighted by Gasteiger charge is 2.39. The molecule has 2 saturated heterocycles. The van der Waals surface area contributed by atoms with Crippen molar-refractivity contribution in [3.63, 3.8) is 0 Å². The van der Waals surface area contributed by atoms with Gasteiger partial charge in [-0.05, 0) is 38.5 Å². The average Bonchev–Trinajstić information content (AvgIpc) is 3.53. The van der Waals surface area contributed by atoms with Gasteiger partial charge in [0.05, 0.1) is 0 Å². The zero-order chi connectivity index (χ0) is 20.4. The second-order valence-electron chi connectivity index (χ2n) is 8.31. The van der Waals surface area contributed by atoms with Crippen LogP contribution in [0.25, 0.3) is 0 Å². The molecule has 1 saturated carbocycles. The van der Waals surface area contributed by atoms with Crippen LogP contribution < -0.4 is 4.90 Å². The number of hydrogen-bond donors (Lipinski definition) is 0. The number of rotatable bonds is 6. The summed E-state index contributed by atoms with van der Waals surface area (Å²) in [6.45, 7) is 4.30. The van der Waals surface area contributed by atoms with Gasteiger partial charge < -0.3 is 14.7 Å². The molecule has 9 heteroatoms. The molecule has 0 unspecified atom stereocenters. The molecular formula is C20H28F3N5O. The SMILES string of the molecule is O=C1CCCCN1CCN1CCC(N(c2cc(C(F)(F)F)ncn2)C2CC2)CC1.